The van der Waals surface area contributed by atoms with Crippen LogP contribution >= 0.6 is 0 Å². The summed E-state index contributed by atoms with van der Waals surface area (Å²) in [5.74, 6) is -2.75. The summed E-state index contributed by atoms with van der Waals surface area (Å²) < 4.78 is 4.55. The fourth-order valence-corrected chi connectivity index (χ4v) is 1.76. The van der Waals surface area contributed by atoms with Crippen molar-refractivity contribution in [3.05, 3.63) is 24.3 Å². The van der Waals surface area contributed by atoms with Gasteiger partial charge in [0, 0.05) is 6.42 Å². The molecule has 0 aromatic rings. The number of hydrogen-bond acceptors (Lipinski definition) is 4. The molecule has 0 fully saturated rings. The lowest BCUT2D eigenvalue weighted by Crippen LogP contribution is -2.26. The van der Waals surface area contributed by atoms with Crippen molar-refractivity contribution in [3.8, 4) is 0 Å². The van der Waals surface area contributed by atoms with Crippen molar-refractivity contribution >= 4 is 11.9 Å². The smallest absolute Gasteiger partial charge is 0.309 e. The Bertz CT molecular complexity index is 346. The summed E-state index contributed by atoms with van der Waals surface area (Å²) in [6, 6.07) is 0. The third-order valence-corrected chi connectivity index (χ3v) is 3.00. The molecule has 114 valence electrons. The third kappa shape index (κ3) is 7.74. The lowest BCUT2D eigenvalue weighted by molar-refractivity contribution is -0.146. The first-order valence-electron chi connectivity index (χ1n) is 6.80. The van der Waals surface area contributed by atoms with Gasteiger partial charge in [0.2, 0.25) is 0 Å². The molecule has 0 aromatic heterocycles. The second-order valence-corrected chi connectivity index (χ2v) is 4.51. The molecule has 20 heavy (non-hydrogen) atoms. The monoisotopic (exact) mass is 284 g/mol. The van der Waals surface area contributed by atoms with Crippen molar-refractivity contribution in [2.75, 3.05) is 13.7 Å². The normalized spacial score (nSPS) is 14.6. The van der Waals surface area contributed by atoms with Crippen molar-refractivity contribution in [3.63, 3.8) is 0 Å². The Morgan fingerprint density at radius 3 is 2.50 bits per heavy atom. The van der Waals surface area contributed by atoms with E-state index in [2.05, 4.69) is 11.7 Å². The van der Waals surface area contributed by atoms with Gasteiger partial charge in [-0.25, -0.2) is 0 Å². The molecule has 0 saturated carbocycles. The van der Waals surface area contributed by atoms with Crippen LogP contribution in [0, 0.1) is 11.8 Å². The number of allylic oxidation sites excluding steroid dienone is 4. The molecule has 0 radical (unpaired) electrons. The molecule has 0 bridgehead atoms. The fourth-order valence-electron chi connectivity index (χ4n) is 1.76. The summed E-state index contributed by atoms with van der Waals surface area (Å²) >= 11 is 0. The average molecular weight is 284 g/mol. The molecule has 0 saturated heterocycles. The lowest BCUT2D eigenvalue weighted by atomic mass is 9.88. The van der Waals surface area contributed by atoms with Crippen LogP contribution in [0.5, 0.6) is 0 Å². The summed E-state index contributed by atoms with van der Waals surface area (Å²) in [5, 5.41) is 18.3. The Morgan fingerprint density at radius 2 is 2.00 bits per heavy atom. The minimum Gasteiger partial charge on any atom is -0.481 e. The van der Waals surface area contributed by atoms with Gasteiger partial charge in [-0.1, -0.05) is 37.6 Å². The maximum Gasteiger partial charge on any atom is 0.309 e. The molecule has 0 aliphatic heterocycles. The zero-order valence-electron chi connectivity index (χ0n) is 12.1. The van der Waals surface area contributed by atoms with Crippen molar-refractivity contribution in [2.45, 2.75) is 32.6 Å². The van der Waals surface area contributed by atoms with Gasteiger partial charge in [-0.3, -0.25) is 9.59 Å². The van der Waals surface area contributed by atoms with E-state index in [-0.39, 0.29) is 12.4 Å². The zero-order valence-corrected chi connectivity index (χ0v) is 12.1. The van der Waals surface area contributed by atoms with E-state index in [4.69, 9.17) is 5.11 Å². The van der Waals surface area contributed by atoms with E-state index in [1.54, 1.807) is 12.2 Å². The topological polar surface area (TPSA) is 83.8 Å². The van der Waals surface area contributed by atoms with Gasteiger partial charge >= 0.3 is 11.9 Å². The van der Waals surface area contributed by atoms with Gasteiger partial charge in [0.25, 0.3) is 0 Å². The minimum absolute atomic E-state index is 0.133. The lowest BCUT2D eigenvalue weighted by Gasteiger charge is -2.18. The van der Waals surface area contributed by atoms with E-state index in [9.17, 15) is 14.7 Å². The molecular weight excluding hydrogens is 260 g/mol. The summed E-state index contributed by atoms with van der Waals surface area (Å²) in [5.41, 5.74) is 0. The first kappa shape index (κ1) is 18.4. The fraction of sp³-hybridized carbons (Fsp3) is 0.600. The van der Waals surface area contributed by atoms with E-state index in [1.807, 2.05) is 12.2 Å². The number of ether oxygens (including phenoxy) is 1. The first-order chi connectivity index (χ1) is 9.56. The molecule has 0 rings (SSSR count). The summed E-state index contributed by atoms with van der Waals surface area (Å²) in [7, 11) is 1.29. The number of esters is 1. The highest BCUT2D eigenvalue weighted by Gasteiger charge is 2.25. The highest BCUT2D eigenvalue weighted by atomic mass is 16.5. The molecule has 0 unspecified atom stereocenters. The van der Waals surface area contributed by atoms with E-state index in [1.165, 1.54) is 7.11 Å². The number of carbonyl (C=O) groups excluding carboxylic acids is 1. The number of methoxy groups -OCH3 is 1. The molecule has 0 aliphatic rings. The van der Waals surface area contributed by atoms with E-state index in [0.717, 1.165) is 12.8 Å². The maximum atomic E-state index is 11.1. The Morgan fingerprint density at radius 1 is 1.30 bits per heavy atom. The van der Waals surface area contributed by atoms with Crippen LogP contribution in [-0.2, 0) is 14.3 Å². The minimum atomic E-state index is -1.07. The van der Waals surface area contributed by atoms with Gasteiger partial charge in [-0.15, -0.1) is 0 Å². The van der Waals surface area contributed by atoms with Gasteiger partial charge in [0.05, 0.1) is 19.6 Å². The van der Waals surface area contributed by atoms with Gasteiger partial charge in [-0.05, 0) is 18.8 Å². The van der Waals surface area contributed by atoms with Crippen molar-refractivity contribution in [1.29, 1.82) is 0 Å². The quantitative estimate of drug-likeness (QED) is 0.474. The standard InChI is InChI=1S/C15H24O5/c1-3-4-5-6-7-8-12(9-10-14(17)20-2)13(11-16)15(18)19/h5-8,12-13,16H,3-4,9-11H2,1-2H3,(H,18,19)/b6-5+,8-7+/t12-,13+/m1/s1. The number of hydrogen-bond donors (Lipinski definition) is 2. The molecule has 2 atom stereocenters. The highest BCUT2D eigenvalue weighted by molar-refractivity contribution is 5.71. The number of unbranched alkanes of at least 4 members (excludes halogenated alkanes) is 1. The number of rotatable bonds is 10. The highest BCUT2D eigenvalue weighted by Crippen LogP contribution is 2.20. The molecule has 0 amide bonds. The molecule has 0 aromatic carbocycles. The Hall–Kier alpha value is -1.62. The number of aliphatic hydroxyl groups excluding tert-OH is 1. The van der Waals surface area contributed by atoms with Crippen molar-refractivity contribution in [1.82, 2.24) is 0 Å². The van der Waals surface area contributed by atoms with Crippen LogP contribution in [-0.4, -0.2) is 35.9 Å². The van der Waals surface area contributed by atoms with Crippen LogP contribution in [0.3, 0.4) is 0 Å². The molecule has 0 aliphatic carbocycles. The van der Waals surface area contributed by atoms with Crippen molar-refractivity contribution < 1.29 is 24.5 Å². The van der Waals surface area contributed by atoms with E-state index in [0.29, 0.717) is 6.42 Å². The second-order valence-electron chi connectivity index (χ2n) is 4.51. The molecule has 0 spiro atoms. The number of carboxylic acids is 1. The Labute approximate surface area is 119 Å². The number of carboxylic acid groups (broad SMARTS) is 1. The second kappa shape index (κ2) is 11.2. The predicted molar refractivity (Wildman–Crippen MR) is 76.1 cm³/mol. The summed E-state index contributed by atoms with van der Waals surface area (Å²) in [4.78, 5) is 22.2. The summed E-state index contributed by atoms with van der Waals surface area (Å²) in [6.07, 6.45) is 9.81. The van der Waals surface area contributed by atoms with E-state index < -0.39 is 24.4 Å². The number of aliphatic hydroxyl groups is 1. The molecule has 5 heteroatoms. The average Bonchev–Trinajstić information content (AvgIpc) is 2.43. The van der Waals surface area contributed by atoms with Crippen molar-refractivity contribution in [2.24, 2.45) is 11.8 Å². The van der Waals surface area contributed by atoms with Crippen LogP contribution < -0.4 is 0 Å². The Balaban J connectivity index is 4.68. The molecular formula is C15H24O5. The van der Waals surface area contributed by atoms with Gasteiger partial charge in [0.15, 0.2) is 0 Å². The van der Waals surface area contributed by atoms with Gasteiger partial charge < -0.3 is 14.9 Å². The molecule has 0 heterocycles. The molecule has 5 nitrogen and oxygen atoms in total. The van der Waals surface area contributed by atoms with Crippen LogP contribution in [0.1, 0.15) is 32.6 Å². The van der Waals surface area contributed by atoms with Gasteiger partial charge in [-0.2, -0.15) is 0 Å². The Kier molecular flexibility index (Phi) is 10.3. The predicted octanol–water partition coefficient (Wildman–Crippen LogP) is 2.16. The third-order valence-electron chi connectivity index (χ3n) is 3.00. The largest absolute Gasteiger partial charge is 0.481 e. The van der Waals surface area contributed by atoms with E-state index >= 15 is 0 Å². The maximum absolute atomic E-state index is 11.1. The molecule has 2 N–H and O–H groups in total. The number of aliphatic carboxylic acids is 1. The van der Waals surface area contributed by atoms with Crippen LogP contribution in [0.15, 0.2) is 24.3 Å². The van der Waals surface area contributed by atoms with Crippen LogP contribution in [0.25, 0.3) is 0 Å². The first-order valence-corrected chi connectivity index (χ1v) is 6.80. The van der Waals surface area contributed by atoms with Gasteiger partial charge in [0.1, 0.15) is 0 Å². The van der Waals surface area contributed by atoms with Crippen LogP contribution in [0.4, 0.5) is 0 Å². The zero-order chi connectivity index (χ0) is 15.4. The SMILES string of the molecule is CCC/C=C/C=C/[C@H](CCC(=O)OC)[C@H](CO)C(=O)O. The number of carbonyl (C=O) groups is 2. The summed E-state index contributed by atoms with van der Waals surface area (Å²) in [6.45, 7) is 1.61. The van der Waals surface area contributed by atoms with Crippen LogP contribution in [0.2, 0.25) is 0 Å².